The van der Waals surface area contributed by atoms with E-state index in [1.165, 1.54) is 32.1 Å². The van der Waals surface area contributed by atoms with Gasteiger partial charge in [-0.2, -0.15) is 0 Å². The Balaban J connectivity index is 1.35. The van der Waals surface area contributed by atoms with Crippen molar-refractivity contribution in [2.24, 2.45) is 17.8 Å². The summed E-state index contributed by atoms with van der Waals surface area (Å²) in [4.78, 5) is 37.9. The molecule has 6 heteroatoms. The van der Waals surface area contributed by atoms with Crippen LogP contribution in [-0.2, 0) is 14.4 Å². The van der Waals surface area contributed by atoms with Crippen LogP contribution in [0.5, 0.6) is 0 Å². The predicted molar refractivity (Wildman–Crippen MR) is 107 cm³/mol. The van der Waals surface area contributed by atoms with Gasteiger partial charge in [0.15, 0.2) is 0 Å². The Labute approximate surface area is 168 Å². The second kappa shape index (κ2) is 10.3. The van der Waals surface area contributed by atoms with Gasteiger partial charge in [0.05, 0.1) is 0 Å². The summed E-state index contributed by atoms with van der Waals surface area (Å²) in [6.45, 7) is 1.38. The van der Waals surface area contributed by atoms with Crippen LogP contribution in [0.2, 0.25) is 0 Å². The number of carbonyl (C=O) groups is 3. The number of nitrogens with one attached hydrogen (secondary N) is 1. The van der Waals surface area contributed by atoms with Crippen LogP contribution in [-0.4, -0.2) is 46.9 Å². The van der Waals surface area contributed by atoms with E-state index in [1.54, 1.807) is 0 Å². The third kappa shape index (κ3) is 6.21. The van der Waals surface area contributed by atoms with Gasteiger partial charge in [-0.05, 0) is 63.2 Å². The van der Waals surface area contributed by atoms with E-state index in [-0.39, 0.29) is 36.1 Å². The third-order valence-electron chi connectivity index (χ3n) is 7.03. The standard InChI is InChI=1S/C22H36N2O4/c25-20(14-16-4-2-1-3-5-16)23-19-8-6-18(7-9-19)22(28)24-12-10-17(11-13-24)15-21(26)27/h16-19H,1-15H2,(H,23,25)(H,26,27). The van der Waals surface area contributed by atoms with E-state index in [9.17, 15) is 14.4 Å². The topological polar surface area (TPSA) is 86.7 Å². The molecular formula is C22H36N2O4. The summed E-state index contributed by atoms with van der Waals surface area (Å²) in [6, 6.07) is 0.224. The summed E-state index contributed by atoms with van der Waals surface area (Å²) in [5.41, 5.74) is 0. The fraction of sp³-hybridized carbons (Fsp3) is 0.864. The molecule has 0 atom stereocenters. The van der Waals surface area contributed by atoms with Gasteiger partial charge in [0.1, 0.15) is 0 Å². The zero-order valence-electron chi connectivity index (χ0n) is 17.0. The van der Waals surface area contributed by atoms with Crippen LogP contribution in [0.25, 0.3) is 0 Å². The number of hydrogen-bond donors (Lipinski definition) is 2. The molecule has 2 saturated carbocycles. The van der Waals surface area contributed by atoms with E-state index in [1.807, 2.05) is 4.90 Å². The van der Waals surface area contributed by atoms with Crippen molar-refractivity contribution in [3.63, 3.8) is 0 Å². The van der Waals surface area contributed by atoms with Crippen molar-refractivity contribution >= 4 is 17.8 Å². The van der Waals surface area contributed by atoms with E-state index < -0.39 is 5.97 Å². The third-order valence-corrected chi connectivity index (χ3v) is 7.03. The van der Waals surface area contributed by atoms with Crippen LogP contribution in [0.15, 0.2) is 0 Å². The Hall–Kier alpha value is -1.59. The van der Waals surface area contributed by atoms with Gasteiger partial charge in [-0.3, -0.25) is 14.4 Å². The number of carbonyl (C=O) groups excluding carboxylic acids is 2. The molecule has 3 aliphatic rings. The minimum Gasteiger partial charge on any atom is -0.481 e. The molecule has 3 fully saturated rings. The average molecular weight is 393 g/mol. The molecule has 1 saturated heterocycles. The monoisotopic (exact) mass is 392 g/mol. The van der Waals surface area contributed by atoms with Crippen LogP contribution in [0.4, 0.5) is 0 Å². The lowest BCUT2D eigenvalue weighted by atomic mass is 9.83. The van der Waals surface area contributed by atoms with Crippen molar-refractivity contribution in [1.82, 2.24) is 10.2 Å². The Morgan fingerprint density at radius 1 is 0.786 bits per heavy atom. The zero-order valence-corrected chi connectivity index (χ0v) is 17.0. The van der Waals surface area contributed by atoms with Gasteiger partial charge in [-0.15, -0.1) is 0 Å². The molecular weight excluding hydrogens is 356 g/mol. The van der Waals surface area contributed by atoms with Gasteiger partial charge in [0, 0.05) is 37.9 Å². The fourth-order valence-corrected chi connectivity index (χ4v) is 5.29. The first-order valence-corrected chi connectivity index (χ1v) is 11.3. The fourth-order valence-electron chi connectivity index (χ4n) is 5.29. The number of aliphatic carboxylic acids is 1. The normalized spacial score (nSPS) is 27.4. The second-order valence-electron chi connectivity index (χ2n) is 9.19. The van der Waals surface area contributed by atoms with E-state index >= 15 is 0 Å². The van der Waals surface area contributed by atoms with Gasteiger partial charge >= 0.3 is 5.97 Å². The number of carboxylic acids is 1. The van der Waals surface area contributed by atoms with Crippen molar-refractivity contribution < 1.29 is 19.5 Å². The van der Waals surface area contributed by atoms with Gasteiger partial charge in [-0.25, -0.2) is 0 Å². The van der Waals surface area contributed by atoms with E-state index in [2.05, 4.69) is 5.32 Å². The highest BCUT2D eigenvalue weighted by molar-refractivity contribution is 5.79. The van der Waals surface area contributed by atoms with Crippen molar-refractivity contribution in [3.05, 3.63) is 0 Å². The molecule has 0 radical (unpaired) electrons. The van der Waals surface area contributed by atoms with E-state index in [4.69, 9.17) is 5.11 Å². The number of hydrogen-bond acceptors (Lipinski definition) is 3. The Morgan fingerprint density at radius 2 is 1.39 bits per heavy atom. The lowest BCUT2D eigenvalue weighted by molar-refractivity contribution is -0.139. The van der Waals surface area contributed by atoms with Crippen molar-refractivity contribution in [1.29, 1.82) is 0 Å². The maximum absolute atomic E-state index is 12.8. The lowest BCUT2D eigenvalue weighted by Crippen LogP contribution is -2.45. The van der Waals surface area contributed by atoms with Crippen molar-refractivity contribution in [2.45, 2.75) is 89.5 Å². The van der Waals surface area contributed by atoms with Crippen LogP contribution in [0.1, 0.15) is 83.5 Å². The molecule has 158 valence electrons. The lowest BCUT2D eigenvalue weighted by Gasteiger charge is -2.36. The summed E-state index contributed by atoms with van der Waals surface area (Å²) >= 11 is 0. The van der Waals surface area contributed by atoms with Gasteiger partial charge < -0.3 is 15.3 Å². The Morgan fingerprint density at radius 3 is 2.00 bits per heavy atom. The van der Waals surface area contributed by atoms with Gasteiger partial charge in [0.2, 0.25) is 11.8 Å². The zero-order chi connectivity index (χ0) is 19.9. The molecule has 1 heterocycles. The Bertz CT molecular complexity index is 543. The summed E-state index contributed by atoms with van der Waals surface area (Å²) in [7, 11) is 0. The van der Waals surface area contributed by atoms with Crippen LogP contribution in [0, 0.1) is 17.8 Å². The minimum absolute atomic E-state index is 0.0718. The number of amides is 2. The molecule has 2 aliphatic carbocycles. The molecule has 0 aromatic carbocycles. The highest BCUT2D eigenvalue weighted by atomic mass is 16.4. The quantitative estimate of drug-likeness (QED) is 0.726. The number of nitrogens with zero attached hydrogens (tertiary/aromatic N) is 1. The van der Waals surface area contributed by atoms with Crippen molar-refractivity contribution in [2.75, 3.05) is 13.1 Å². The predicted octanol–water partition coefficient (Wildman–Crippen LogP) is 3.35. The highest BCUT2D eigenvalue weighted by Crippen LogP contribution is 2.30. The molecule has 0 unspecified atom stereocenters. The second-order valence-corrected chi connectivity index (χ2v) is 9.19. The first kappa shape index (κ1) is 21.1. The van der Waals surface area contributed by atoms with E-state index in [0.717, 1.165) is 38.5 Å². The van der Waals surface area contributed by atoms with Crippen LogP contribution < -0.4 is 5.32 Å². The molecule has 0 bridgehead atoms. The van der Waals surface area contributed by atoms with E-state index in [0.29, 0.717) is 25.4 Å². The largest absolute Gasteiger partial charge is 0.481 e. The minimum atomic E-state index is -0.742. The number of carboxylic acid groups (broad SMARTS) is 1. The number of piperidine rings is 1. The summed E-state index contributed by atoms with van der Waals surface area (Å²) in [6.07, 6.45) is 12.2. The average Bonchev–Trinajstić information content (AvgIpc) is 2.69. The van der Waals surface area contributed by atoms with Crippen LogP contribution in [0.3, 0.4) is 0 Å². The van der Waals surface area contributed by atoms with Crippen molar-refractivity contribution in [3.8, 4) is 0 Å². The summed E-state index contributed by atoms with van der Waals surface area (Å²) in [5.74, 6) is 0.534. The molecule has 0 aromatic heterocycles. The number of rotatable bonds is 6. The molecule has 2 N–H and O–H groups in total. The molecule has 2 amide bonds. The molecule has 28 heavy (non-hydrogen) atoms. The smallest absolute Gasteiger partial charge is 0.303 e. The highest BCUT2D eigenvalue weighted by Gasteiger charge is 2.32. The maximum Gasteiger partial charge on any atom is 0.303 e. The van der Waals surface area contributed by atoms with Gasteiger partial charge in [0.25, 0.3) is 0 Å². The summed E-state index contributed by atoms with van der Waals surface area (Å²) in [5, 5.41) is 12.1. The summed E-state index contributed by atoms with van der Waals surface area (Å²) < 4.78 is 0. The maximum atomic E-state index is 12.8. The molecule has 0 aromatic rings. The number of likely N-dealkylation sites (tertiary alicyclic amines) is 1. The first-order chi connectivity index (χ1) is 13.5. The van der Waals surface area contributed by atoms with Gasteiger partial charge in [-0.1, -0.05) is 19.3 Å². The molecule has 1 aliphatic heterocycles. The SMILES string of the molecule is O=C(O)CC1CCN(C(=O)C2CCC(NC(=O)CC3CCCCC3)CC2)CC1. The Kier molecular flexibility index (Phi) is 7.74. The molecule has 6 nitrogen and oxygen atoms in total. The van der Waals surface area contributed by atoms with Crippen LogP contribution >= 0.6 is 0 Å². The first-order valence-electron chi connectivity index (χ1n) is 11.3. The molecule has 3 rings (SSSR count). The molecule has 0 spiro atoms.